The number of carbonyl (C=O) groups excluding carboxylic acids is 1. The predicted octanol–water partition coefficient (Wildman–Crippen LogP) is 4.99. The van der Waals surface area contributed by atoms with Gasteiger partial charge in [-0.2, -0.15) is 5.10 Å². The summed E-state index contributed by atoms with van der Waals surface area (Å²) in [5, 5.41) is 9.69. The maximum Gasteiger partial charge on any atom is 0.220 e. The van der Waals surface area contributed by atoms with Crippen molar-refractivity contribution in [2.75, 3.05) is 0 Å². The number of halogens is 1. The highest BCUT2D eigenvalue weighted by Gasteiger charge is 2.14. The molecule has 6 heteroatoms. The van der Waals surface area contributed by atoms with Crippen molar-refractivity contribution in [3.05, 3.63) is 94.6 Å². The zero-order chi connectivity index (χ0) is 20.1. The molecule has 4 nitrogen and oxygen atoms in total. The lowest BCUT2D eigenvalue weighted by atomic mass is 10.1. The first-order chi connectivity index (χ1) is 14.2. The topological polar surface area (TPSA) is 46.9 Å². The third-order valence-corrected chi connectivity index (χ3v) is 5.52. The first kappa shape index (κ1) is 19.1. The summed E-state index contributed by atoms with van der Waals surface area (Å²) in [6.45, 7) is 0.364. The van der Waals surface area contributed by atoms with Crippen molar-refractivity contribution in [1.29, 1.82) is 0 Å². The molecule has 0 atom stereocenters. The second-order valence-corrected chi connectivity index (χ2v) is 7.68. The summed E-state index contributed by atoms with van der Waals surface area (Å²) in [7, 11) is 0. The number of rotatable bonds is 7. The van der Waals surface area contributed by atoms with E-state index in [1.165, 1.54) is 17.0 Å². The number of nitrogens with one attached hydrogen (secondary N) is 1. The molecule has 146 valence electrons. The molecular formula is C23H20FN3OS. The number of benzene rings is 2. The quantitative estimate of drug-likeness (QED) is 0.471. The van der Waals surface area contributed by atoms with Crippen LogP contribution in [0.5, 0.6) is 0 Å². The molecule has 2 heterocycles. The summed E-state index contributed by atoms with van der Waals surface area (Å²) in [5.74, 6) is -0.296. The van der Waals surface area contributed by atoms with Crippen LogP contribution in [0.2, 0.25) is 0 Å². The Labute approximate surface area is 172 Å². The largest absolute Gasteiger partial charge is 0.352 e. The number of nitrogens with zero attached hydrogens (tertiary/aromatic N) is 2. The zero-order valence-corrected chi connectivity index (χ0v) is 16.5. The highest BCUT2D eigenvalue weighted by atomic mass is 32.1. The summed E-state index contributed by atoms with van der Waals surface area (Å²) in [6.07, 6.45) is 3.09. The molecular weight excluding hydrogens is 385 g/mol. The van der Waals surface area contributed by atoms with Crippen LogP contribution in [0.15, 0.2) is 78.3 Å². The normalized spacial score (nSPS) is 10.8. The Kier molecular flexibility index (Phi) is 5.81. The van der Waals surface area contributed by atoms with Crippen molar-refractivity contribution in [2.45, 2.75) is 19.4 Å². The minimum Gasteiger partial charge on any atom is -0.352 e. The lowest BCUT2D eigenvalue weighted by Gasteiger charge is -2.05. The predicted molar refractivity (Wildman–Crippen MR) is 113 cm³/mol. The van der Waals surface area contributed by atoms with E-state index in [1.54, 1.807) is 28.2 Å². The molecule has 2 aromatic carbocycles. The van der Waals surface area contributed by atoms with Gasteiger partial charge in [0.15, 0.2) is 0 Å². The van der Waals surface area contributed by atoms with Crippen LogP contribution in [-0.4, -0.2) is 15.7 Å². The number of para-hydroxylation sites is 1. The van der Waals surface area contributed by atoms with Crippen molar-refractivity contribution in [2.24, 2.45) is 0 Å². The molecule has 1 N–H and O–H groups in total. The van der Waals surface area contributed by atoms with Crippen molar-refractivity contribution in [3.8, 4) is 16.9 Å². The van der Waals surface area contributed by atoms with Gasteiger partial charge in [-0.15, -0.1) is 11.3 Å². The second kappa shape index (κ2) is 8.84. The van der Waals surface area contributed by atoms with Crippen LogP contribution in [0.4, 0.5) is 4.39 Å². The molecule has 4 aromatic rings. The van der Waals surface area contributed by atoms with Gasteiger partial charge in [-0.1, -0.05) is 24.3 Å². The lowest BCUT2D eigenvalue weighted by Crippen LogP contribution is -2.23. The monoisotopic (exact) mass is 405 g/mol. The Morgan fingerprint density at radius 3 is 2.55 bits per heavy atom. The van der Waals surface area contributed by atoms with Crippen LogP contribution in [0.3, 0.4) is 0 Å². The summed E-state index contributed by atoms with van der Waals surface area (Å²) in [6, 6.07) is 20.0. The smallest absolute Gasteiger partial charge is 0.220 e. The molecule has 0 bridgehead atoms. The van der Waals surface area contributed by atoms with Gasteiger partial charge < -0.3 is 5.32 Å². The summed E-state index contributed by atoms with van der Waals surface area (Å²) in [4.78, 5) is 13.5. The Bertz CT molecular complexity index is 1070. The highest BCUT2D eigenvalue weighted by Crippen LogP contribution is 2.24. The van der Waals surface area contributed by atoms with Gasteiger partial charge >= 0.3 is 0 Å². The third-order valence-electron chi connectivity index (χ3n) is 4.58. The standard InChI is InChI=1S/C23H20FN3OS/c24-19-10-8-17(9-11-19)23-18(16-27(26-23)20-5-2-1-3-6-20)15-25-22(28)13-12-21-7-4-14-29-21/h1-11,14,16H,12-13,15H2,(H,25,28). The first-order valence-corrected chi connectivity index (χ1v) is 10.3. The van der Waals surface area contributed by atoms with E-state index in [0.717, 1.165) is 28.9 Å². The molecule has 0 saturated carbocycles. The van der Waals surface area contributed by atoms with Gasteiger partial charge in [-0.3, -0.25) is 4.79 Å². The van der Waals surface area contributed by atoms with E-state index in [-0.39, 0.29) is 11.7 Å². The van der Waals surface area contributed by atoms with Crippen LogP contribution >= 0.6 is 11.3 Å². The lowest BCUT2D eigenvalue weighted by molar-refractivity contribution is -0.121. The van der Waals surface area contributed by atoms with E-state index in [2.05, 4.69) is 10.4 Å². The fraction of sp³-hybridized carbons (Fsp3) is 0.130. The second-order valence-electron chi connectivity index (χ2n) is 6.65. The van der Waals surface area contributed by atoms with Gasteiger partial charge in [0.05, 0.1) is 11.4 Å². The van der Waals surface area contributed by atoms with Crippen LogP contribution < -0.4 is 5.32 Å². The Hall–Kier alpha value is -3.25. The number of amides is 1. The minimum atomic E-state index is -0.292. The van der Waals surface area contributed by atoms with Gasteiger partial charge in [0.25, 0.3) is 0 Å². The average Bonchev–Trinajstić information content (AvgIpc) is 3.42. The van der Waals surface area contributed by atoms with E-state index < -0.39 is 0 Å². The number of carbonyl (C=O) groups is 1. The minimum absolute atomic E-state index is 0.00378. The number of hydrogen-bond donors (Lipinski definition) is 1. The van der Waals surface area contributed by atoms with Crippen molar-refractivity contribution in [1.82, 2.24) is 15.1 Å². The van der Waals surface area contributed by atoms with Crippen molar-refractivity contribution in [3.63, 3.8) is 0 Å². The van der Waals surface area contributed by atoms with Crippen LogP contribution in [0.25, 0.3) is 16.9 Å². The maximum atomic E-state index is 13.3. The van der Waals surface area contributed by atoms with Crippen LogP contribution in [-0.2, 0) is 17.8 Å². The van der Waals surface area contributed by atoms with Gasteiger partial charge in [-0.25, -0.2) is 9.07 Å². The Morgan fingerprint density at radius 1 is 1.03 bits per heavy atom. The molecule has 0 aliphatic heterocycles. The molecule has 0 aliphatic rings. The summed E-state index contributed by atoms with van der Waals surface area (Å²) < 4.78 is 15.1. The fourth-order valence-electron chi connectivity index (χ4n) is 3.08. The van der Waals surface area contributed by atoms with E-state index in [1.807, 2.05) is 54.0 Å². The molecule has 0 radical (unpaired) electrons. The highest BCUT2D eigenvalue weighted by molar-refractivity contribution is 7.09. The van der Waals surface area contributed by atoms with Gasteiger partial charge in [0, 0.05) is 35.2 Å². The molecule has 0 aliphatic carbocycles. The van der Waals surface area contributed by atoms with E-state index in [4.69, 9.17) is 0 Å². The number of aryl methyl sites for hydroxylation is 1. The Balaban J connectivity index is 1.53. The summed E-state index contributed by atoms with van der Waals surface area (Å²) in [5.41, 5.74) is 3.34. The SMILES string of the molecule is O=C(CCc1cccs1)NCc1cn(-c2ccccc2)nc1-c1ccc(F)cc1. The van der Waals surface area contributed by atoms with Crippen molar-refractivity contribution >= 4 is 17.2 Å². The van der Waals surface area contributed by atoms with Crippen LogP contribution in [0, 0.1) is 5.82 Å². The molecule has 2 aromatic heterocycles. The average molecular weight is 405 g/mol. The molecule has 0 fully saturated rings. The van der Waals surface area contributed by atoms with Gasteiger partial charge in [-0.05, 0) is 54.3 Å². The Morgan fingerprint density at radius 2 is 1.83 bits per heavy atom. The molecule has 4 rings (SSSR count). The first-order valence-electron chi connectivity index (χ1n) is 9.38. The van der Waals surface area contributed by atoms with E-state index >= 15 is 0 Å². The van der Waals surface area contributed by atoms with E-state index in [0.29, 0.717) is 13.0 Å². The fourth-order valence-corrected chi connectivity index (χ4v) is 3.79. The van der Waals surface area contributed by atoms with Gasteiger partial charge in [0.1, 0.15) is 5.82 Å². The van der Waals surface area contributed by atoms with Crippen LogP contribution in [0.1, 0.15) is 16.9 Å². The van der Waals surface area contributed by atoms with Gasteiger partial charge in [0.2, 0.25) is 5.91 Å². The number of aromatic nitrogens is 2. The molecule has 0 spiro atoms. The number of hydrogen-bond acceptors (Lipinski definition) is 3. The maximum absolute atomic E-state index is 13.3. The zero-order valence-electron chi connectivity index (χ0n) is 15.7. The third kappa shape index (κ3) is 4.78. The molecule has 29 heavy (non-hydrogen) atoms. The van der Waals surface area contributed by atoms with E-state index in [9.17, 15) is 9.18 Å². The molecule has 0 unspecified atom stereocenters. The summed E-state index contributed by atoms with van der Waals surface area (Å²) >= 11 is 1.66. The number of thiophene rings is 1. The molecule has 1 amide bonds. The molecule has 0 saturated heterocycles. The van der Waals surface area contributed by atoms with Crippen molar-refractivity contribution < 1.29 is 9.18 Å².